The summed E-state index contributed by atoms with van der Waals surface area (Å²) in [6.07, 6.45) is 0. The number of carbonyl (C=O) groups excluding carboxylic acids is 2. The third-order valence-corrected chi connectivity index (χ3v) is 3.23. The van der Waals surface area contributed by atoms with Gasteiger partial charge in [-0.2, -0.15) is 0 Å². The summed E-state index contributed by atoms with van der Waals surface area (Å²) < 4.78 is 13.7. The second-order valence-electron chi connectivity index (χ2n) is 6.79. The molecule has 0 aliphatic heterocycles. The number of hydrogen-bond acceptors (Lipinski definition) is 2. The summed E-state index contributed by atoms with van der Waals surface area (Å²) in [4.78, 5) is 24.8. The Morgan fingerprint density at radius 1 is 1.17 bits per heavy atom. The number of anilines is 1. The van der Waals surface area contributed by atoms with Gasteiger partial charge in [0, 0.05) is 5.54 Å². The molecule has 0 aliphatic rings. The first-order valence-electron chi connectivity index (χ1n) is 7.81. The zero-order valence-corrected chi connectivity index (χ0v) is 14.5. The van der Waals surface area contributed by atoms with Gasteiger partial charge in [-0.05, 0) is 52.3 Å². The van der Waals surface area contributed by atoms with Gasteiger partial charge in [-0.25, -0.2) is 4.39 Å². The van der Waals surface area contributed by atoms with Crippen molar-refractivity contribution in [3.63, 3.8) is 0 Å². The van der Waals surface area contributed by atoms with Gasteiger partial charge in [0.25, 0.3) is 11.8 Å². The summed E-state index contributed by atoms with van der Waals surface area (Å²) in [5.41, 5.74) is 0.652. The molecule has 2 amide bonds. The van der Waals surface area contributed by atoms with Crippen molar-refractivity contribution < 1.29 is 18.9 Å². The van der Waals surface area contributed by atoms with E-state index in [1.807, 2.05) is 27.7 Å². The Balaban J connectivity index is 2.58. The number of rotatable bonds is 6. The lowest BCUT2D eigenvalue weighted by Crippen LogP contribution is -3.14. The highest BCUT2D eigenvalue weighted by Crippen LogP contribution is 2.14. The minimum Gasteiger partial charge on any atom is -0.347 e. The zero-order chi connectivity index (χ0) is 17.6. The fraction of sp³-hybridized carbons (Fsp3) is 0.529. The third kappa shape index (κ3) is 7.23. The average molecular weight is 324 g/mol. The fourth-order valence-corrected chi connectivity index (χ4v) is 2.14. The van der Waals surface area contributed by atoms with Crippen molar-refractivity contribution in [3.8, 4) is 0 Å². The molecule has 0 radical (unpaired) electrons. The Morgan fingerprint density at radius 2 is 1.78 bits per heavy atom. The molecule has 6 heteroatoms. The molecule has 128 valence electrons. The van der Waals surface area contributed by atoms with Gasteiger partial charge < -0.3 is 15.5 Å². The maximum Gasteiger partial charge on any atom is 0.279 e. The van der Waals surface area contributed by atoms with E-state index in [0.29, 0.717) is 6.54 Å². The Kier molecular flexibility index (Phi) is 6.69. The summed E-state index contributed by atoms with van der Waals surface area (Å²) in [6, 6.07) is 4.65. The van der Waals surface area contributed by atoms with Crippen LogP contribution in [0.15, 0.2) is 18.2 Å². The Bertz CT molecular complexity index is 567. The predicted octanol–water partition coefficient (Wildman–Crippen LogP) is 0.892. The van der Waals surface area contributed by atoms with E-state index in [9.17, 15) is 14.0 Å². The topological polar surface area (TPSA) is 62.6 Å². The fourth-order valence-electron chi connectivity index (χ4n) is 2.14. The normalized spacial score (nSPS) is 12.6. The van der Waals surface area contributed by atoms with E-state index in [1.54, 1.807) is 19.1 Å². The molecule has 1 unspecified atom stereocenters. The van der Waals surface area contributed by atoms with Crippen molar-refractivity contribution in [2.75, 3.05) is 25.0 Å². The minimum absolute atomic E-state index is 0.108. The largest absolute Gasteiger partial charge is 0.347 e. The lowest BCUT2D eigenvalue weighted by Gasteiger charge is -2.23. The van der Waals surface area contributed by atoms with Crippen LogP contribution in [0, 0.1) is 12.7 Å². The molecule has 0 heterocycles. The van der Waals surface area contributed by atoms with Crippen LogP contribution >= 0.6 is 0 Å². The van der Waals surface area contributed by atoms with Crippen LogP contribution in [0.5, 0.6) is 0 Å². The third-order valence-electron chi connectivity index (χ3n) is 3.23. The van der Waals surface area contributed by atoms with Crippen LogP contribution in [0.3, 0.4) is 0 Å². The number of likely N-dealkylation sites (N-methyl/N-ethyl adjacent to an activating group) is 1. The molecule has 3 N–H and O–H groups in total. The van der Waals surface area contributed by atoms with Crippen LogP contribution in [0.1, 0.15) is 33.3 Å². The number of nitrogens with one attached hydrogen (secondary N) is 3. The molecule has 0 bridgehead atoms. The molecule has 0 saturated carbocycles. The zero-order valence-electron chi connectivity index (χ0n) is 14.5. The van der Waals surface area contributed by atoms with Gasteiger partial charge in [-0.1, -0.05) is 6.07 Å². The highest BCUT2D eigenvalue weighted by atomic mass is 19.1. The first-order valence-corrected chi connectivity index (χ1v) is 7.81. The summed E-state index contributed by atoms with van der Waals surface area (Å²) in [5.74, 6) is -0.876. The Hall–Kier alpha value is -1.95. The molecule has 0 spiro atoms. The lowest BCUT2D eigenvalue weighted by atomic mass is 10.1. The standard InChI is InChI=1S/C17H26FN3O2/c1-6-21(11-16(23)20-17(3,4)5)10-15(22)19-14-8-7-12(2)9-13(14)18/h7-9H,6,10-11H2,1-5H3,(H,19,22)(H,20,23)/p+1. The van der Waals surface area contributed by atoms with Gasteiger partial charge in [0.2, 0.25) is 0 Å². The second-order valence-corrected chi connectivity index (χ2v) is 6.79. The number of hydrogen-bond donors (Lipinski definition) is 3. The van der Waals surface area contributed by atoms with Crippen molar-refractivity contribution in [2.45, 2.75) is 40.2 Å². The van der Waals surface area contributed by atoms with Crippen LogP contribution < -0.4 is 15.5 Å². The van der Waals surface area contributed by atoms with Gasteiger partial charge in [-0.3, -0.25) is 9.59 Å². The smallest absolute Gasteiger partial charge is 0.279 e. The van der Waals surface area contributed by atoms with E-state index >= 15 is 0 Å². The van der Waals surface area contributed by atoms with Gasteiger partial charge in [0.1, 0.15) is 5.82 Å². The van der Waals surface area contributed by atoms with E-state index in [-0.39, 0.29) is 36.1 Å². The molecular formula is C17H27FN3O2+. The predicted molar refractivity (Wildman–Crippen MR) is 88.9 cm³/mol. The van der Waals surface area contributed by atoms with E-state index in [0.717, 1.165) is 10.5 Å². The molecule has 5 nitrogen and oxygen atoms in total. The summed E-state index contributed by atoms with van der Waals surface area (Å²) in [7, 11) is 0. The SMILES string of the molecule is CC[NH+](CC(=O)Nc1ccc(C)cc1F)CC(=O)NC(C)(C)C. The number of quaternary nitrogens is 1. The van der Waals surface area contributed by atoms with Crippen LogP contribution in [0.25, 0.3) is 0 Å². The number of benzene rings is 1. The van der Waals surface area contributed by atoms with E-state index in [2.05, 4.69) is 10.6 Å². The summed E-state index contributed by atoms with van der Waals surface area (Å²) in [6.45, 7) is 10.3. The number of carbonyl (C=O) groups is 2. The molecule has 0 aromatic heterocycles. The molecule has 23 heavy (non-hydrogen) atoms. The van der Waals surface area contributed by atoms with Gasteiger partial charge in [0.15, 0.2) is 13.1 Å². The second kappa shape index (κ2) is 8.06. The highest BCUT2D eigenvalue weighted by molar-refractivity contribution is 5.91. The Morgan fingerprint density at radius 3 is 2.30 bits per heavy atom. The summed E-state index contributed by atoms with van der Waals surface area (Å²) in [5, 5.41) is 5.43. The van der Waals surface area contributed by atoms with Crippen molar-refractivity contribution in [3.05, 3.63) is 29.6 Å². The molecule has 0 fully saturated rings. The quantitative estimate of drug-likeness (QED) is 0.728. The average Bonchev–Trinajstić information content (AvgIpc) is 2.39. The molecule has 1 atom stereocenters. The van der Waals surface area contributed by atoms with Crippen LogP contribution in [-0.2, 0) is 9.59 Å². The molecular weight excluding hydrogens is 297 g/mol. The van der Waals surface area contributed by atoms with E-state index < -0.39 is 5.82 Å². The lowest BCUT2D eigenvalue weighted by molar-refractivity contribution is -0.881. The number of amides is 2. The van der Waals surface area contributed by atoms with E-state index in [4.69, 9.17) is 0 Å². The van der Waals surface area contributed by atoms with Gasteiger partial charge in [-0.15, -0.1) is 0 Å². The molecule has 1 aromatic rings. The van der Waals surface area contributed by atoms with Crippen LogP contribution in [0.2, 0.25) is 0 Å². The maximum atomic E-state index is 13.7. The highest BCUT2D eigenvalue weighted by Gasteiger charge is 2.20. The minimum atomic E-state index is -0.457. The first kappa shape index (κ1) is 19.1. The Labute approximate surface area is 137 Å². The maximum absolute atomic E-state index is 13.7. The van der Waals surface area contributed by atoms with E-state index in [1.165, 1.54) is 6.07 Å². The number of aryl methyl sites for hydroxylation is 1. The molecule has 0 saturated heterocycles. The van der Waals surface area contributed by atoms with Crippen molar-refractivity contribution in [1.29, 1.82) is 0 Å². The number of halogens is 1. The van der Waals surface area contributed by atoms with Crippen molar-refractivity contribution in [1.82, 2.24) is 5.32 Å². The van der Waals surface area contributed by atoms with Crippen molar-refractivity contribution >= 4 is 17.5 Å². The summed E-state index contributed by atoms with van der Waals surface area (Å²) >= 11 is 0. The van der Waals surface area contributed by atoms with Gasteiger partial charge >= 0.3 is 0 Å². The first-order chi connectivity index (χ1) is 10.6. The molecule has 0 aliphatic carbocycles. The monoisotopic (exact) mass is 324 g/mol. The van der Waals surface area contributed by atoms with Crippen molar-refractivity contribution in [2.24, 2.45) is 0 Å². The van der Waals surface area contributed by atoms with Crippen LogP contribution in [-0.4, -0.2) is 37.0 Å². The molecule has 1 aromatic carbocycles. The van der Waals surface area contributed by atoms with Gasteiger partial charge in [0.05, 0.1) is 12.2 Å². The van der Waals surface area contributed by atoms with Crippen LogP contribution in [0.4, 0.5) is 10.1 Å². The molecule has 1 rings (SSSR count).